The summed E-state index contributed by atoms with van der Waals surface area (Å²) in [5.74, 6) is 0.897. The summed E-state index contributed by atoms with van der Waals surface area (Å²) < 4.78 is 5.61. The molecule has 0 amide bonds. The van der Waals surface area contributed by atoms with Crippen LogP contribution in [0.15, 0.2) is 12.5 Å². The van der Waals surface area contributed by atoms with Crippen LogP contribution in [0.2, 0.25) is 0 Å². The molecule has 17 heavy (non-hydrogen) atoms. The van der Waals surface area contributed by atoms with Gasteiger partial charge in [0.25, 0.3) is 0 Å². The number of rotatable bonds is 4. The monoisotopic (exact) mass is 231 g/mol. The highest BCUT2D eigenvalue weighted by Gasteiger charge is 2.12. The van der Waals surface area contributed by atoms with Gasteiger partial charge in [0.2, 0.25) is 5.88 Å². The van der Waals surface area contributed by atoms with Gasteiger partial charge >= 0.3 is 0 Å². The van der Waals surface area contributed by atoms with Crippen LogP contribution in [0.3, 0.4) is 0 Å². The quantitative estimate of drug-likeness (QED) is 0.619. The summed E-state index contributed by atoms with van der Waals surface area (Å²) in [5.41, 5.74) is 1.28. The highest BCUT2D eigenvalue weighted by molar-refractivity contribution is 5.94. The third-order valence-electron chi connectivity index (χ3n) is 2.18. The van der Waals surface area contributed by atoms with Crippen LogP contribution < -0.4 is 10.1 Å². The fourth-order valence-electron chi connectivity index (χ4n) is 1.45. The Kier molecular flexibility index (Phi) is 3.10. The van der Waals surface area contributed by atoms with E-state index in [4.69, 9.17) is 10.00 Å². The number of ether oxygens (including phenoxy) is 1. The van der Waals surface area contributed by atoms with Crippen molar-refractivity contribution in [2.75, 3.05) is 11.9 Å². The lowest BCUT2D eigenvalue weighted by molar-refractivity contribution is 0.264. The fourth-order valence-corrected chi connectivity index (χ4v) is 1.45. The minimum Gasteiger partial charge on any atom is -0.477 e. The predicted molar refractivity (Wildman–Crippen MR) is 63.5 cm³/mol. The van der Waals surface area contributed by atoms with Crippen LogP contribution in [-0.2, 0) is 0 Å². The van der Waals surface area contributed by atoms with Gasteiger partial charge in [0.15, 0.2) is 6.19 Å². The molecule has 0 saturated heterocycles. The molecule has 2 aromatic heterocycles. The fraction of sp³-hybridized carbons (Fsp3) is 0.364. The van der Waals surface area contributed by atoms with E-state index >= 15 is 0 Å². The van der Waals surface area contributed by atoms with E-state index in [9.17, 15) is 0 Å². The number of aromatic nitrogens is 3. The molecule has 0 aliphatic carbocycles. The molecule has 0 unspecified atom stereocenters. The lowest BCUT2D eigenvalue weighted by Gasteiger charge is -2.08. The molecule has 0 aliphatic rings. The third-order valence-corrected chi connectivity index (χ3v) is 2.18. The SMILES string of the molecule is CC(C)COc1ncnc2[nH]cc(NC#N)c12. The second-order valence-electron chi connectivity index (χ2n) is 4.05. The van der Waals surface area contributed by atoms with Crippen molar-refractivity contribution < 1.29 is 4.74 Å². The van der Waals surface area contributed by atoms with Gasteiger partial charge in [-0.2, -0.15) is 5.26 Å². The molecule has 88 valence electrons. The third kappa shape index (κ3) is 2.28. The van der Waals surface area contributed by atoms with Gasteiger partial charge in [0, 0.05) is 6.20 Å². The molecule has 2 aromatic rings. The van der Waals surface area contributed by atoms with Gasteiger partial charge in [0.1, 0.15) is 17.4 Å². The van der Waals surface area contributed by atoms with Crippen molar-refractivity contribution in [1.29, 1.82) is 5.26 Å². The number of fused-ring (bicyclic) bond motifs is 1. The van der Waals surface area contributed by atoms with E-state index < -0.39 is 0 Å². The summed E-state index contributed by atoms with van der Waals surface area (Å²) in [6, 6.07) is 0. The number of aromatic amines is 1. The van der Waals surface area contributed by atoms with Crippen molar-refractivity contribution in [2.24, 2.45) is 5.92 Å². The second kappa shape index (κ2) is 4.70. The van der Waals surface area contributed by atoms with Crippen LogP contribution >= 0.6 is 0 Å². The first-order valence-corrected chi connectivity index (χ1v) is 5.32. The Hall–Kier alpha value is -2.29. The van der Waals surface area contributed by atoms with Gasteiger partial charge in [-0.1, -0.05) is 13.8 Å². The van der Waals surface area contributed by atoms with E-state index in [0.29, 0.717) is 35.1 Å². The van der Waals surface area contributed by atoms with Crippen molar-refractivity contribution >= 4 is 16.7 Å². The van der Waals surface area contributed by atoms with Gasteiger partial charge in [-0.3, -0.25) is 5.32 Å². The molecule has 2 heterocycles. The first kappa shape index (κ1) is 11.2. The molecule has 0 fully saturated rings. The summed E-state index contributed by atoms with van der Waals surface area (Å²) >= 11 is 0. The number of nitriles is 1. The van der Waals surface area contributed by atoms with Crippen molar-refractivity contribution in [3.63, 3.8) is 0 Å². The van der Waals surface area contributed by atoms with E-state index in [2.05, 4.69) is 34.1 Å². The van der Waals surface area contributed by atoms with Crippen molar-refractivity contribution in [3.05, 3.63) is 12.5 Å². The lowest BCUT2D eigenvalue weighted by Crippen LogP contribution is -2.06. The largest absolute Gasteiger partial charge is 0.477 e. The molecular formula is C11H13N5O. The number of nitrogens with zero attached hydrogens (tertiary/aromatic N) is 3. The summed E-state index contributed by atoms with van der Waals surface area (Å²) in [6.07, 6.45) is 4.98. The Bertz CT molecular complexity index is 554. The van der Waals surface area contributed by atoms with Crippen molar-refractivity contribution in [3.8, 4) is 12.1 Å². The number of anilines is 1. The minimum atomic E-state index is 0.409. The number of hydrogen-bond donors (Lipinski definition) is 2. The van der Waals surface area contributed by atoms with Gasteiger partial charge in [-0.25, -0.2) is 9.97 Å². The highest BCUT2D eigenvalue weighted by atomic mass is 16.5. The average molecular weight is 231 g/mol. The standard InChI is InChI=1S/C11H13N5O/c1-7(2)4-17-11-9-8(14-5-12)3-13-10(9)15-6-16-11/h3,6-7,14H,4H2,1-2H3,(H,13,15,16). The molecule has 2 rings (SSSR count). The topological polar surface area (TPSA) is 86.6 Å². The molecule has 6 heteroatoms. The summed E-state index contributed by atoms with van der Waals surface area (Å²) in [6.45, 7) is 4.69. The first-order chi connectivity index (χ1) is 8.22. The van der Waals surface area contributed by atoms with Gasteiger partial charge in [0.05, 0.1) is 12.3 Å². The smallest absolute Gasteiger partial charge is 0.228 e. The van der Waals surface area contributed by atoms with Crippen molar-refractivity contribution in [2.45, 2.75) is 13.8 Å². The molecule has 0 radical (unpaired) electrons. The Labute approximate surface area is 98.6 Å². The maximum absolute atomic E-state index is 8.65. The predicted octanol–water partition coefficient (Wildman–Crippen LogP) is 1.89. The summed E-state index contributed by atoms with van der Waals surface area (Å²) in [5, 5.41) is 11.9. The number of nitrogens with one attached hydrogen (secondary N) is 2. The van der Waals surface area contributed by atoms with Crippen LogP contribution in [0.25, 0.3) is 11.0 Å². The van der Waals surface area contributed by atoms with Gasteiger partial charge in [-0.05, 0) is 5.92 Å². The molecule has 0 spiro atoms. The van der Waals surface area contributed by atoms with Crippen molar-refractivity contribution in [1.82, 2.24) is 15.0 Å². The molecule has 0 aliphatic heterocycles. The summed E-state index contributed by atoms with van der Waals surface area (Å²) in [4.78, 5) is 11.1. The lowest BCUT2D eigenvalue weighted by atomic mass is 10.2. The van der Waals surface area contributed by atoms with E-state index in [1.165, 1.54) is 6.33 Å². The van der Waals surface area contributed by atoms with Crippen LogP contribution in [0, 0.1) is 17.4 Å². The van der Waals surface area contributed by atoms with Crippen LogP contribution in [0.5, 0.6) is 5.88 Å². The summed E-state index contributed by atoms with van der Waals surface area (Å²) in [7, 11) is 0. The zero-order chi connectivity index (χ0) is 12.3. The normalized spacial score (nSPS) is 10.5. The first-order valence-electron chi connectivity index (χ1n) is 5.32. The number of hydrogen-bond acceptors (Lipinski definition) is 5. The van der Waals surface area contributed by atoms with E-state index in [0.717, 1.165) is 0 Å². The van der Waals surface area contributed by atoms with E-state index in [1.54, 1.807) is 6.20 Å². The van der Waals surface area contributed by atoms with Crippen LogP contribution in [0.1, 0.15) is 13.8 Å². The average Bonchev–Trinajstić information content (AvgIpc) is 2.71. The van der Waals surface area contributed by atoms with Gasteiger partial charge in [-0.15, -0.1) is 0 Å². The van der Waals surface area contributed by atoms with Gasteiger partial charge < -0.3 is 9.72 Å². The molecule has 0 saturated carbocycles. The molecule has 0 atom stereocenters. The molecule has 0 aromatic carbocycles. The Balaban J connectivity index is 2.40. The zero-order valence-electron chi connectivity index (χ0n) is 9.69. The molecular weight excluding hydrogens is 218 g/mol. The van der Waals surface area contributed by atoms with E-state index in [1.807, 2.05) is 6.19 Å². The Morgan fingerprint density at radius 3 is 3.06 bits per heavy atom. The molecule has 6 nitrogen and oxygen atoms in total. The van der Waals surface area contributed by atoms with Crippen LogP contribution in [-0.4, -0.2) is 21.6 Å². The maximum atomic E-state index is 8.65. The number of H-pyrrole nitrogens is 1. The highest BCUT2D eigenvalue weighted by Crippen LogP contribution is 2.28. The molecule has 2 N–H and O–H groups in total. The minimum absolute atomic E-state index is 0.409. The Morgan fingerprint density at radius 2 is 2.35 bits per heavy atom. The second-order valence-corrected chi connectivity index (χ2v) is 4.05. The van der Waals surface area contributed by atoms with E-state index in [-0.39, 0.29) is 0 Å². The maximum Gasteiger partial charge on any atom is 0.228 e. The zero-order valence-corrected chi connectivity index (χ0v) is 9.69. The van der Waals surface area contributed by atoms with Crippen LogP contribution in [0.4, 0.5) is 5.69 Å². The molecule has 0 bridgehead atoms. The Morgan fingerprint density at radius 1 is 1.53 bits per heavy atom.